The fraction of sp³-hybridized carbons (Fsp3) is 0.167. The molecular weight excluding hydrogens is 330 g/mol. The van der Waals surface area contributed by atoms with Crippen molar-refractivity contribution in [2.75, 3.05) is 5.32 Å². The molecule has 0 aliphatic rings. The van der Waals surface area contributed by atoms with Crippen molar-refractivity contribution in [3.63, 3.8) is 0 Å². The zero-order valence-corrected chi connectivity index (χ0v) is 14.2. The van der Waals surface area contributed by atoms with E-state index in [9.17, 15) is 0 Å². The van der Waals surface area contributed by atoms with Crippen LogP contribution in [0, 0.1) is 6.92 Å². The molecule has 3 aromatic heterocycles. The maximum atomic E-state index is 5.26. The van der Waals surface area contributed by atoms with Gasteiger partial charge in [-0.1, -0.05) is 29.4 Å². The standard InChI is InChI=1S/C18H17N7O/c1-13-23-18(26-24-13)16-6-3-7-20-17(16)21-9-14-4-2-5-15(8-14)10-25-12-19-11-22-25/h2-8,11-12H,9-10H2,1H3,(H,20,21). The molecular formula is C18H17N7O. The van der Waals surface area contributed by atoms with Gasteiger partial charge in [-0.05, 0) is 30.2 Å². The molecule has 0 spiro atoms. The van der Waals surface area contributed by atoms with Gasteiger partial charge in [-0.3, -0.25) is 0 Å². The average Bonchev–Trinajstić information content (AvgIpc) is 3.32. The van der Waals surface area contributed by atoms with E-state index in [-0.39, 0.29) is 0 Å². The van der Waals surface area contributed by atoms with Gasteiger partial charge in [0.25, 0.3) is 5.89 Å². The number of hydrogen-bond donors (Lipinski definition) is 1. The molecule has 0 radical (unpaired) electrons. The minimum absolute atomic E-state index is 0.457. The smallest absolute Gasteiger partial charge is 0.261 e. The molecule has 4 aromatic rings. The van der Waals surface area contributed by atoms with Crippen LogP contribution in [0.2, 0.25) is 0 Å². The van der Waals surface area contributed by atoms with E-state index in [1.54, 1.807) is 24.1 Å². The van der Waals surface area contributed by atoms with Gasteiger partial charge in [-0.25, -0.2) is 14.6 Å². The molecule has 0 saturated heterocycles. The molecule has 3 heterocycles. The van der Waals surface area contributed by atoms with Crippen molar-refractivity contribution in [2.45, 2.75) is 20.0 Å². The van der Waals surface area contributed by atoms with Crippen LogP contribution in [0.3, 0.4) is 0 Å². The number of nitrogens with zero attached hydrogens (tertiary/aromatic N) is 6. The largest absolute Gasteiger partial charge is 0.365 e. The number of benzene rings is 1. The topological polar surface area (TPSA) is 94.6 Å². The Morgan fingerprint density at radius 1 is 1.15 bits per heavy atom. The van der Waals surface area contributed by atoms with Gasteiger partial charge in [-0.2, -0.15) is 10.1 Å². The van der Waals surface area contributed by atoms with Crippen LogP contribution in [0.1, 0.15) is 17.0 Å². The molecule has 0 saturated carbocycles. The van der Waals surface area contributed by atoms with Gasteiger partial charge in [0.15, 0.2) is 5.82 Å². The Morgan fingerprint density at radius 2 is 2.08 bits per heavy atom. The Bertz CT molecular complexity index is 994. The minimum Gasteiger partial charge on any atom is -0.365 e. The third kappa shape index (κ3) is 3.59. The summed E-state index contributed by atoms with van der Waals surface area (Å²) >= 11 is 0. The Morgan fingerprint density at radius 3 is 2.88 bits per heavy atom. The normalized spacial score (nSPS) is 10.8. The fourth-order valence-corrected chi connectivity index (χ4v) is 2.65. The molecule has 8 heteroatoms. The van der Waals surface area contributed by atoms with Crippen molar-refractivity contribution in [1.82, 2.24) is 29.9 Å². The van der Waals surface area contributed by atoms with Crippen LogP contribution in [0.4, 0.5) is 5.82 Å². The van der Waals surface area contributed by atoms with E-state index >= 15 is 0 Å². The highest BCUT2D eigenvalue weighted by Crippen LogP contribution is 2.24. The molecule has 0 fully saturated rings. The molecule has 0 bridgehead atoms. The van der Waals surface area contributed by atoms with Gasteiger partial charge in [0.1, 0.15) is 18.5 Å². The molecule has 0 unspecified atom stereocenters. The average molecular weight is 347 g/mol. The van der Waals surface area contributed by atoms with E-state index in [4.69, 9.17) is 4.52 Å². The third-order valence-electron chi connectivity index (χ3n) is 3.83. The van der Waals surface area contributed by atoms with E-state index in [2.05, 4.69) is 48.7 Å². The summed E-state index contributed by atoms with van der Waals surface area (Å²) in [5.41, 5.74) is 3.08. The van der Waals surface area contributed by atoms with Gasteiger partial charge in [0.05, 0.1) is 12.1 Å². The quantitative estimate of drug-likeness (QED) is 0.573. The Kier molecular flexibility index (Phi) is 4.38. The first-order valence-electron chi connectivity index (χ1n) is 8.18. The molecule has 4 rings (SSSR count). The number of aryl methyl sites for hydroxylation is 1. The Hall–Kier alpha value is -3.55. The van der Waals surface area contributed by atoms with Crippen molar-refractivity contribution >= 4 is 5.82 Å². The van der Waals surface area contributed by atoms with E-state index in [0.717, 1.165) is 16.7 Å². The summed E-state index contributed by atoms with van der Waals surface area (Å²) in [4.78, 5) is 12.6. The highest BCUT2D eigenvalue weighted by Gasteiger charge is 2.12. The summed E-state index contributed by atoms with van der Waals surface area (Å²) in [6.45, 7) is 3.10. The van der Waals surface area contributed by atoms with Crippen molar-refractivity contribution in [3.8, 4) is 11.5 Å². The van der Waals surface area contributed by atoms with E-state index < -0.39 is 0 Å². The minimum atomic E-state index is 0.457. The number of nitrogens with one attached hydrogen (secondary N) is 1. The van der Waals surface area contributed by atoms with Gasteiger partial charge in [0, 0.05) is 12.7 Å². The van der Waals surface area contributed by atoms with E-state index in [0.29, 0.717) is 30.6 Å². The van der Waals surface area contributed by atoms with Crippen molar-refractivity contribution in [1.29, 1.82) is 0 Å². The fourth-order valence-electron chi connectivity index (χ4n) is 2.65. The summed E-state index contributed by atoms with van der Waals surface area (Å²) in [5, 5.41) is 11.3. The number of aromatic nitrogens is 6. The second kappa shape index (κ2) is 7.14. The van der Waals surface area contributed by atoms with Crippen LogP contribution in [-0.4, -0.2) is 29.9 Å². The Labute approximate surface area is 149 Å². The number of pyridine rings is 1. The van der Waals surface area contributed by atoms with Crippen LogP contribution in [0.5, 0.6) is 0 Å². The maximum Gasteiger partial charge on any atom is 0.261 e. The van der Waals surface area contributed by atoms with Gasteiger partial charge in [0.2, 0.25) is 0 Å². The molecule has 130 valence electrons. The van der Waals surface area contributed by atoms with E-state index in [1.807, 2.05) is 18.2 Å². The molecule has 1 aromatic carbocycles. The lowest BCUT2D eigenvalue weighted by Gasteiger charge is -2.10. The highest BCUT2D eigenvalue weighted by atomic mass is 16.5. The van der Waals surface area contributed by atoms with Gasteiger partial charge >= 0.3 is 0 Å². The van der Waals surface area contributed by atoms with Crippen LogP contribution in [0.25, 0.3) is 11.5 Å². The number of rotatable bonds is 6. The lowest BCUT2D eigenvalue weighted by atomic mass is 10.1. The lowest BCUT2D eigenvalue weighted by molar-refractivity contribution is 0.425. The van der Waals surface area contributed by atoms with Crippen molar-refractivity contribution < 1.29 is 4.52 Å². The molecule has 26 heavy (non-hydrogen) atoms. The second-order valence-electron chi connectivity index (χ2n) is 5.81. The second-order valence-corrected chi connectivity index (χ2v) is 5.81. The van der Waals surface area contributed by atoms with Gasteiger partial charge in [-0.15, -0.1) is 0 Å². The van der Waals surface area contributed by atoms with Crippen LogP contribution >= 0.6 is 0 Å². The predicted molar refractivity (Wildman–Crippen MR) is 95.2 cm³/mol. The van der Waals surface area contributed by atoms with Crippen LogP contribution in [-0.2, 0) is 13.1 Å². The number of hydrogen-bond acceptors (Lipinski definition) is 7. The summed E-state index contributed by atoms with van der Waals surface area (Å²) in [6.07, 6.45) is 4.97. The first-order chi connectivity index (χ1) is 12.8. The molecule has 0 aliphatic heterocycles. The van der Waals surface area contributed by atoms with Crippen molar-refractivity contribution in [3.05, 3.63) is 72.2 Å². The maximum absolute atomic E-state index is 5.26. The lowest BCUT2D eigenvalue weighted by Crippen LogP contribution is -2.05. The summed E-state index contributed by atoms with van der Waals surface area (Å²) in [5.74, 6) is 1.76. The molecule has 0 atom stereocenters. The first kappa shape index (κ1) is 15.9. The molecule has 0 amide bonds. The molecule has 8 nitrogen and oxygen atoms in total. The molecule has 1 N–H and O–H groups in total. The summed E-state index contributed by atoms with van der Waals surface area (Å²) in [7, 11) is 0. The van der Waals surface area contributed by atoms with Crippen LogP contribution in [0.15, 0.2) is 59.8 Å². The Balaban J connectivity index is 1.50. The highest BCUT2D eigenvalue weighted by molar-refractivity contribution is 5.68. The monoisotopic (exact) mass is 347 g/mol. The predicted octanol–water partition coefficient (Wildman–Crippen LogP) is 2.69. The van der Waals surface area contributed by atoms with Crippen LogP contribution < -0.4 is 5.32 Å². The van der Waals surface area contributed by atoms with Crippen molar-refractivity contribution in [2.24, 2.45) is 0 Å². The first-order valence-corrected chi connectivity index (χ1v) is 8.18. The third-order valence-corrected chi connectivity index (χ3v) is 3.83. The molecule has 0 aliphatic carbocycles. The number of anilines is 1. The zero-order chi connectivity index (χ0) is 17.8. The van der Waals surface area contributed by atoms with E-state index in [1.165, 1.54) is 6.33 Å². The SMILES string of the molecule is Cc1noc(-c2cccnc2NCc2cccc(Cn3cncn3)c2)n1. The summed E-state index contributed by atoms with van der Waals surface area (Å²) in [6, 6.07) is 12.1. The zero-order valence-electron chi connectivity index (χ0n) is 14.2. The van der Waals surface area contributed by atoms with Gasteiger partial charge < -0.3 is 9.84 Å². The summed E-state index contributed by atoms with van der Waals surface area (Å²) < 4.78 is 7.06.